The number of halogens is 1. The van der Waals surface area contributed by atoms with Crippen molar-refractivity contribution in [3.63, 3.8) is 0 Å². The van der Waals surface area contributed by atoms with E-state index in [4.69, 9.17) is 21.1 Å². The molecule has 4 aromatic rings. The standard InChI is InChI=1S/C29H26ClN3O5/c1-37-27-15-19(5-13-25(27)34)3-9-23-17-24(12-4-20-6-14-26(35)28(16-20)38-2)33(32-23)29(36)18-31-22-10-7-21(30)8-11-22/h3-17,31,34-35H,18H2,1-2H3/b9-3-,12-4-. The fraction of sp³-hybridized carbons (Fsp3) is 0.103. The third kappa shape index (κ3) is 6.54. The molecule has 1 aromatic heterocycles. The van der Waals surface area contributed by atoms with Crippen molar-refractivity contribution in [3.8, 4) is 23.0 Å². The lowest BCUT2D eigenvalue weighted by atomic mass is 10.1. The molecule has 0 saturated heterocycles. The number of aromatic nitrogens is 2. The Bertz CT molecular complexity index is 1490. The summed E-state index contributed by atoms with van der Waals surface area (Å²) in [6.45, 7) is 0.00942. The minimum absolute atomic E-state index is 0.00942. The van der Waals surface area contributed by atoms with E-state index in [2.05, 4.69) is 10.4 Å². The summed E-state index contributed by atoms with van der Waals surface area (Å²) in [5, 5.41) is 27.9. The summed E-state index contributed by atoms with van der Waals surface area (Å²) in [7, 11) is 2.96. The first-order valence-corrected chi connectivity index (χ1v) is 12.0. The Labute approximate surface area is 225 Å². The minimum atomic E-state index is -0.270. The highest BCUT2D eigenvalue weighted by atomic mass is 35.5. The predicted octanol–water partition coefficient (Wildman–Crippen LogP) is 6.06. The summed E-state index contributed by atoms with van der Waals surface area (Å²) >= 11 is 5.94. The number of carbonyl (C=O) groups is 1. The molecule has 0 radical (unpaired) electrons. The van der Waals surface area contributed by atoms with E-state index >= 15 is 0 Å². The van der Waals surface area contributed by atoms with Gasteiger partial charge >= 0.3 is 0 Å². The van der Waals surface area contributed by atoms with E-state index in [1.54, 1.807) is 78.9 Å². The van der Waals surface area contributed by atoms with Gasteiger partial charge in [0, 0.05) is 10.7 Å². The Morgan fingerprint density at radius 2 is 1.45 bits per heavy atom. The van der Waals surface area contributed by atoms with E-state index in [9.17, 15) is 15.0 Å². The molecule has 0 spiro atoms. The summed E-state index contributed by atoms with van der Waals surface area (Å²) < 4.78 is 11.7. The lowest BCUT2D eigenvalue weighted by molar-refractivity contribution is 0.0912. The van der Waals surface area contributed by atoms with Crippen molar-refractivity contribution in [2.24, 2.45) is 0 Å². The number of ether oxygens (including phenoxy) is 2. The molecule has 3 N–H and O–H groups in total. The summed E-state index contributed by atoms with van der Waals surface area (Å²) in [6.07, 6.45) is 7.14. The van der Waals surface area contributed by atoms with Crippen LogP contribution in [0.1, 0.15) is 27.3 Å². The van der Waals surface area contributed by atoms with Crippen LogP contribution in [0.2, 0.25) is 5.02 Å². The molecule has 0 aliphatic rings. The summed E-state index contributed by atoms with van der Waals surface area (Å²) in [5.41, 5.74) is 3.43. The van der Waals surface area contributed by atoms with Gasteiger partial charge in [0.2, 0.25) is 0 Å². The first-order valence-electron chi connectivity index (χ1n) is 11.6. The number of nitrogens with zero attached hydrogens (tertiary/aromatic N) is 2. The zero-order chi connectivity index (χ0) is 27.1. The van der Waals surface area contributed by atoms with Crippen molar-refractivity contribution in [2.45, 2.75) is 0 Å². The van der Waals surface area contributed by atoms with Crippen molar-refractivity contribution in [1.82, 2.24) is 9.78 Å². The highest BCUT2D eigenvalue weighted by molar-refractivity contribution is 6.30. The van der Waals surface area contributed by atoms with Gasteiger partial charge in [-0.1, -0.05) is 35.9 Å². The molecule has 194 valence electrons. The molecule has 3 aromatic carbocycles. The van der Waals surface area contributed by atoms with E-state index in [1.807, 2.05) is 6.08 Å². The first kappa shape index (κ1) is 26.4. The van der Waals surface area contributed by atoms with Crippen LogP contribution in [0.3, 0.4) is 0 Å². The molecule has 0 amide bonds. The maximum Gasteiger partial charge on any atom is 0.266 e. The van der Waals surface area contributed by atoms with Crippen molar-refractivity contribution >= 4 is 47.5 Å². The first-order chi connectivity index (χ1) is 18.4. The van der Waals surface area contributed by atoms with Crippen LogP contribution in [-0.2, 0) is 0 Å². The highest BCUT2D eigenvalue weighted by Crippen LogP contribution is 2.28. The molecule has 38 heavy (non-hydrogen) atoms. The van der Waals surface area contributed by atoms with Crippen LogP contribution in [-0.4, -0.2) is 46.7 Å². The van der Waals surface area contributed by atoms with Crippen LogP contribution < -0.4 is 14.8 Å². The van der Waals surface area contributed by atoms with Crippen LogP contribution >= 0.6 is 11.6 Å². The molecule has 4 rings (SSSR count). The second-order valence-corrected chi connectivity index (χ2v) is 8.63. The monoisotopic (exact) mass is 531 g/mol. The average Bonchev–Trinajstić information content (AvgIpc) is 3.34. The molecule has 0 unspecified atom stereocenters. The number of nitrogens with one attached hydrogen (secondary N) is 1. The van der Waals surface area contributed by atoms with Gasteiger partial charge in [-0.2, -0.15) is 9.78 Å². The SMILES string of the molecule is COc1cc(/C=C\c2cc(/C=C\c3ccc(O)c(OC)c3)n(C(=O)CNc3ccc(Cl)cc3)n2)ccc1O. The summed E-state index contributed by atoms with van der Waals surface area (Å²) in [6, 6.07) is 18.8. The van der Waals surface area contributed by atoms with E-state index in [1.165, 1.54) is 25.0 Å². The molecule has 0 aliphatic carbocycles. The van der Waals surface area contributed by atoms with Crippen LogP contribution in [0.15, 0.2) is 66.7 Å². The summed E-state index contributed by atoms with van der Waals surface area (Å²) in [5.74, 6) is 0.516. The van der Waals surface area contributed by atoms with Crippen molar-refractivity contribution in [1.29, 1.82) is 0 Å². The molecular formula is C29H26ClN3O5. The van der Waals surface area contributed by atoms with Gasteiger partial charge in [0.25, 0.3) is 5.91 Å². The number of phenolic OH excluding ortho intramolecular Hbond substituents is 2. The lowest BCUT2D eigenvalue weighted by Gasteiger charge is -2.07. The molecule has 1 heterocycles. The molecule has 0 atom stereocenters. The van der Waals surface area contributed by atoms with Crippen LogP contribution in [0.4, 0.5) is 5.69 Å². The molecular weight excluding hydrogens is 506 g/mol. The number of methoxy groups -OCH3 is 2. The molecule has 0 fully saturated rings. The van der Waals surface area contributed by atoms with Gasteiger partial charge in [-0.3, -0.25) is 4.79 Å². The predicted molar refractivity (Wildman–Crippen MR) is 150 cm³/mol. The van der Waals surface area contributed by atoms with Gasteiger partial charge in [-0.25, -0.2) is 0 Å². The summed E-state index contributed by atoms with van der Waals surface area (Å²) in [4.78, 5) is 13.1. The number of phenols is 2. The Morgan fingerprint density at radius 3 is 2.03 bits per heavy atom. The number of aromatic hydroxyl groups is 2. The quantitative estimate of drug-likeness (QED) is 0.241. The maximum atomic E-state index is 13.1. The normalized spacial score (nSPS) is 11.2. The van der Waals surface area contributed by atoms with Gasteiger partial charge in [0.15, 0.2) is 23.0 Å². The highest BCUT2D eigenvalue weighted by Gasteiger charge is 2.12. The van der Waals surface area contributed by atoms with E-state index in [0.29, 0.717) is 27.9 Å². The topological polar surface area (TPSA) is 106 Å². The second kappa shape index (κ2) is 12.0. The van der Waals surface area contributed by atoms with E-state index in [-0.39, 0.29) is 24.0 Å². The smallest absolute Gasteiger partial charge is 0.266 e. The number of hydrogen-bond donors (Lipinski definition) is 3. The Balaban J connectivity index is 1.61. The molecule has 8 nitrogen and oxygen atoms in total. The van der Waals surface area contributed by atoms with E-state index < -0.39 is 0 Å². The van der Waals surface area contributed by atoms with Crippen molar-refractivity contribution < 1.29 is 24.5 Å². The third-order valence-electron chi connectivity index (χ3n) is 5.58. The molecule has 0 aliphatic heterocycles. The van der Waals surface area contributed by atoms with Gasteiger partial charge in [0.1, 0.15) is 0 Å². The van der Waals surface area contributed by atoms with Crippen LogP contribution in [0, 0.1) is 0 Å². The molecule has 0 saturated carbocycles. The Morgan fingerprint density at radius 1 is 0.868 bits per heavy atom. The maximum absolute atomic E-state index is 13.1. The largest absolute Gasteiger partial charge is 0.504 e. The number of rotatable bonds is 9. The average molecular weight is 532 g/mol. The second-order valence-electron chi connectivity index (χ2n) is 8.19. The van der Waals surface area contributed by atoms with Crippen LogP contribution in [0.25, 0.3) is 24.3 Å². The lowest BCUT2D eigenvalue weighted by Crippen LogP contribution is -2.23. The molecule has 9 heteroatoms. The van der Waals surface area contributed by atoms with Gasteiger partial charge in [-0.15, -0.1) is 0 Å². The Kier molecular flexibility index (Phi) is 8.35. The van der Waals surface area contributed by atoms with Gasteiger partial charge in [0.05, 0.1) is 32.2 Å². The fourth-order valence-electron chi connectivity index (χ4n) is 3.59. The number of carbonyl (C=O) groups excluding carboxylic acids is 1. The van der Waals surface area contributed by atoms with Crippen molar-refractivity contribution in [2.75, 3.05) is 26.1 Å². The zero-order valence-corrected chi connectivity index (χ0v) is 21.5. The third-order valence-corrected chi connectivity index (χ3v) is 5.83. The molecule has 0 bridgehead atoms. The van der Waals surface area contributed by atoms with Gasteiger partial charge < -0.3 is 25.0 Å². The minimum Gasteiger partial charge on any atom is -0.504 e. The number of hydrogen-bond acceptors (Lipinski definition) is 7. The number of benzene rings is 3. The zero-order valence-electron chi connectivity index (χ0n) is 20.8. The fourth-order valence-corrected chi connectivity index (χ4v) is 3.72. The van der Waals surface area contributed by atoms with Gasteiger partial charge in [-0.05, 0) is 77.9 Å². The van der Waals surface area contributed by atoms with E-state index in [0.717, 1.165) is 16.8 Å². The van der Waals surface area contributed by atoms with Crippen molar-refractivity contribution in [3.05, 3.63) is 94.3 Å². The van der Waals surface area contributed by atoms with Crippen LogP contribution in [0.5, 0.6) is 23.0 Å². The Hall–Kier alpha value is -4.69. The number of anilines is 1.